The lowest BCUT2D eigenvalue weighted by Crippen LogP contribution is -2.14. The molecule has 0 bridgehead atoms. The van der Waals surface area contributed by atoms with Crippen LogP contribution in [-0.4, -0.2) is 15.9 Å². The largest absolute Gasteiger partial charge is 0.324 e. The quantitative estimate of drug-likeness (QED) is 0.760. The van der Waals surface area contributed by atoms with Crippen LogP contribution in [0.4, 0.5) is 17.3 Å². The molecule has 0 aliphatic rings. The van der Waals surface area contributed by atoms with E-state index in [-0.39, 0.29) is 5.91 Å². The van der Waals surface area contributed by atoms with E-state index in [1.165, 1.54) is 5.56 Å². The third-order valence-corrected chi connectivity index (χ3v) is 3.51. The highest BCUT2D eigenvalue weighted by Crippen LogP contribution is 2.14. The van der Waals surface area contributed by atoms with Crippen molar-refractivity contribution in [2.24, 2.45) is 0 Å². The number of nitrogens with one attached hydrogen (secondary N) is 2. The first-order valence-corrected chi connectivity index (χ1v) is 7.65. The van der Waals surface area contributed by atoms with Crippen molar-refractivity contribution in [2.75, 3.05) is 10.6 Å². The molecule has 0 fully saturated rings. The van der Waals surface area contributed by atoms with Crippen LogP contribution in [0.2, 0.25) is 0 Å². The Morgan fingerprint density at radius 1 is 0.833 bits per heavy atom. The van der Waals surface area contributed by atoms with Gasteiger partial charge in [0.1, 0.15) is 5.69 Å². The number of hydrogen-bond acceptors (Lipinski definition) is 4. The summed E-state index contributed by atoms with van der Waals surface area (Å²) in [7, 11) is 0. The third-order valence-electron chi connectivity index (χ3n) is 3.51. The summed E-state index contributed by atoms with van der Waals surface area (Å²) >= 11 is 0. The van der Waals surface area contributed by atoms with Crippen molar-refractivity contribution in [3.8, 4) is 0 Å². The van der Waals surface area contributed by atoms with E-state index < -0.39 is 0 Å². The molecule has 0 aliphatic carbocycles. The number of carbonyl (C=O) groups is 1. The van der Waals surface area contributed by atoms with Crippen LogP contribution in [0, 0.1) is 13.8 Å². The topological polar surface area (TPSA) is 66.9 Å². The van der Waals surface area contributed by atoms with Gasteiger partial charge in [-0.2, -0.15) is 0 Å². The monoisotopic (exact) mass is 318 g/mol. The van der Waals surface area contributed by atoms with E-state index in [0.717, 1.165) is 16.9 Å². The van der Waals surface area contributed by atoms with E-state index in [1.54, 1.807) is 12.3 Å². The van der Waals surface area contributed by atoms with Crippen LogP contribution in [0.5, 0.6) is 0 Å². The Labute approximate surface area is 140 Å². The molecule has 0 atom stereocenters. The number of anilines is 3. The Kier molecular flexibility index (Phi) is 4.52. The molecule has 0 aliphatic heterocycles. The van der Waals surface area contributed by atoms with Crippen molar-refractivity contribution in [1.82, 2.24) is 9.97 Å². The molecular weight excluding hydrogens is 300 g/mol. The minimum Gasteiger partial charge on any atom is -0.324 e. The van der Waals surface area contributed by atoms with Crippen LogP contribution in [0.15, 0.2) is 60.8 Å². The molecule has 0 spiro atoms. The summed E-state index contributed by atoms with van der Waals surface area (Å²) in [5, 5.41) is 5.92. The number of hydrogen-bond donors (Lipinski definition) is 2. The summed E-state index contributed by atoms with van der Waals surface area (Å²) in [6.45, 7) is 4.02. The molecule has 2 N–H and O–H groups in total. The molecule has 0 unspecified atom stereocenters. The molecule has 0 saturated heterocycles. The minimum atomic E-state index is -0.270. The molecule has 1 heterocycles. The molecular formula is C19H18N4O. The molecule has 3 aromatic rings. The van der Waals surface area contributed by atoms with Gasteiger partial charge in [-0.05, 0) is 44.2 Å². The highest BCUT2D eigenvalue weighted by molar-refractivity contribution is 6.03. The predicted octanol–water partition coefficient (Wildman–Crippen LogP) is 4.09. The van der Waals surface area contributed by atoms with Crippen molar-refractivity contribution in [3.63, 3.8) is 0 Å². The van der Waals surface area contributed by atoms with Gasteiger partial charge in [0.2, 0.25) is 5.95 Å². The normalized spacial score (nSPS) is 10.2. The van der Waals surface area contributed by atoms with Crippen LogP contribution in [0.3, 0.4) is 0 Å². The number of nitrogens with zero attached hydrogens (tertiary/aromatic N) is 2. The number of aryl methyl sites for hydroxylation is 2. The summed E-state index contributed by atoms with van der Waals surface area (Å²) in [4.78, 5) is 20.7. The SMILES string of the molecule is Cc1ccc(NC(=O)c2ccnc(Nc3ccc(C)cc3)n2)cc1. The zero-order valence-corrected chi connectivity index (χ0v) is 13.6. The smallest absolute Gasteiger partial charge is 0.274 e. The predicted molar refractivity (Wildman–Crippen MR) is 95.6 cm³/mol. The van der Waals surface area contributed by atoms with Crippen LogP contribution in [0.1, 0.15) is 21.6 Å². The van der Waals surface area contributed by atoms with Gasteiger partial charge < -0.3 is 10.6 Å². The van der Waals surface area contributed by atoms with Crippen molar-refractivity contribution in [2.45, 2.75) is 13.8 Å². The molecule has 1 amide bonds. The number of amides is 1. The van der Waals surface area contributed by atoms with Crippen LogP contribution in [-0.2, 0) is 0 Å². The summed E-state index contributed by atoms with van der Waals surface area (Å²) in [6, 6.07) is 17.1. The van der Waals surface area contributed by atoms with E-state index >= 15 is 0 Å². The van der Waals surface area contributed by atoms with Crippen LogP contribution < -0.4 is 10.6 Å². The van der Waals surface area contributed by atoms with E-state index in [0.29, 0.717) is 11.6 Å². The highest BCUT2D eigenvalue weighted by atomic mass is 16.1. The van der Waals surface area contributed by atoms with Gasteiger partial charge in [-0.3, -0.25) is 4.79 Å². The molecule has 1 aromatic heterocycles. The van der Waals surface area contributed by atoms with Gasteiger partial charge in [0.25, 0.3) is 5.91 Å². The Hall–Kier alpha value is -3.21. The van der Waals surface area contributed by atoms with Crippen molar-refractivity contribution in [1.29, 1.82) is 0 Å². The lowest BCUT2D eigenvalue weighted by Gasteiger charge is -2.08. The van der Waals surface area contributed by atoms with Crippen molar-refractivity contribution in [3.05, 3.63) is 77.6 Å². The lowest BCUT2D eigenvalue weighted by atomic mass is 10.2. The van der Waals surface area contributed by atoms with Gasteiger partial charge in [-0.15, -0.1) is 0 Å². The average molecular weight is 318 g/mol. The van der Waals surface area contributed by atoms with Crippen LogP contribution >= 0.6 is 0 Å². The van der Waals surface area contributed by atoms with E-state index in [4.69, 9.17) is 0 Å². The van der Waals surface area contributed by atoms with Gasteiger partial charge >= 0.3 is 0 Å². The Morgan fingerprint density at radius 3 is 2.04 bits per heavy atom. The highest BCUT2D eigenvalue weighted by Gasteiger charge is 2.09. The molecule has 2 aromatic carbocycles. The first-order valence-electron chi connectivity index (χ1n) is 7.65. The van der Waals surface area contributed by atoms with Crippen molar-refractivity contribution < 1.29 is 4.79 Å². The standard InChI is InChI=1S/C19H18N4O/c1-13-3-7-15(8-4-13)21-18(24)17-11-12-20-19(23-17)22-16-9-5-14(2)6-10-16/h3-12H,1-2H3,(H,21,24)(H,20,22,23). The number of rotatable bonds is 4. The minimum absolute atomic E-state index is 0.270. The van der Waals surface area contributed by atoms with E-state index in [9.17, 15) is 4.79 Å². The Bertz CT molecular complexity index is 842. The fourth-order valence-corrected chi connectivity index (χ4v) is 2.14. The zero-order chi connectivity index (χ0) is 16.9. The number of carbonyl (C=O) groups excluding carboxylic acids is 1. The van der Waals surface area contributed by atoms with Gasteiger partial charge in [0.05, 0.1) is 0 Å². The molecule has 5 nitrogen and oxygen atoms in total. The number of benzene rings is 2. The summed E-state index contributed by atoms with van der Waals surface area (Å²) < 4.78 is 0. The molecule has 5 heteroatoms. The second-order valence-electron chi connectivity index (χ2n) is 5.58. The first-order chi connectivity index (χ1) is 11.6. The molecule has 0 radical (unpaired) electrons. The van der Waals surface area contributed by atoms with Gasteiger partial charge in [-0.25, -0.2) is 9.97 Å². The molecule has 24 heavy (non-hydrogen) atoms. The second-order valence-corrected chi connectivity index (χ2v) is 5.58. The fraction of sp³-hybridized carbons (Fsp3) is 0.105. The van der Waals surface area contributed by atoms with Gasteiger partial charge in [-0.1, -0.05) is 35.4 Å². The molecule has 3 rings (SSSR count). The summed E-state index contributed by atoms with van der Waals surface area (Å²) in [6.07, 6.45) is 1.56. The third kappa shape index (κ3) is 3.95. The lowest BCUT2D eigenvalue weighted by molar-refractivity contribution is 0.102. The Morgan fingerprint density at radius 2 is 1.42 bits per heavy atom. The zero-order valence-electron chi connectivity index (χ0n) is 13.6. The maximum absolute atomic E-state index is 12.3. The maximum atomic E-state index is 12.3. The average Bonchev–Trinajstić information content (AvgIpc) is 2.59. The summed E-state index contributed by atoms with van der Waals surface area (Å²) in [5.74, 6) is 0.114. The van der Waals surface area contributed by atoms with E-state index in [2.05, 4.69) is 20.6 Å². The first kappa shape index (κ1) is 15.7. The van der Waals surface area contributed by atoms with Crippen molar-refractivity contribution >= 4 is 23.2 Å². The van der Waals surface area contributed by atoms with Gasteiger partial charge in [0, 0.05) is 17.6 Å². The van der Waals surface area contributed by atoms with Gasteiger partial charge in [0.15, 0.2) is 0 Å². The van der Waals surface area contributed by atoms with E-state index in [1.807, 2.05) is 62.4 Å². The summed E-state index contributed by atoms with van der Waals surface area (Å²) in [5.41, 5.74) is 4.22. The molecule has 0 saturated carbocycles. The number of aromatic nitrogens is 2. The molecule has 120 valence electrons. The Balaban J connectivity index is 1.73. The second kappa shape index (κ2) is 6.91. The van der Waals surface area contributed by atoms with Crippen LogP contribution in [0.25, 0.3) is 0 Å². The maximum Gasteiger partial charge on any atom is 0.274 e. The fourth-order valence-electron chi connectivity index (χ4n) is 2.14.